The van der Waals surface area contributed by atoms with Crippen LogP contribution in [0, 0.1) is 5.82 Å². The first-order valence-corrected chi connectivity index (χ1v) is 7.97. The molecule has 0 bridgehead atoms. The van der Waals surface area contributed by atoms with E-state index in [0.29, 0.717) is 15.1 Å². The molecule has 0 atom stereocenters. The van der Waals surface area contributed by atoms with Gasteiger partial charge in [-0.15, -0.1) is 0 Å². The number of rotatable bonds is 3. The summed E-state index contributed by atoms with van der Waals surface area (Å²) in [7, 11) is 0. The van der Waals surface area contributed by atoms with E-state index in [-0.39, 0.29) is 10.7 Å². The second kappa shape index (κ2) is 8.23. The van der Waals surface area contributed by atoms with Gasteiger partial charge >= 0.3 is 11.8 Å². The SMILES string of the molecule is O=C(N/N=C/c1cccc(Cl)c1Cl)C(=O)Nc1ccc(Br)cc1F. The molecule has 2 rings (SSSR count). The highest BCUT2D eigenvalue weighted by Crippen LogP contribution is 2.24. The molecule has 0 saturated heterocycles. The molecule has 0 aliphatic heterocycles. The second-order valence-corrected chi connectivity index (χ2v) is 6.12. The van der Waals surface area contributed by atoms with E-state index in [1.165, 1.54) is 18.3 Å². The molecular formula is C15H9BrCl2FN3O2. The third kappa shape index (κ3) is 4.77. The van der Waals surface area contributed by atoms with Crippen molar-refractivity contribution >= 4 is 62.8 Å². The molecule has 2 N–H and O–H groups in total. The molecule has 0 saturated carbocycles. The maximum atomic E-state index is 13.6. The number of hydrogen-bond acceptors (Lipinski definition) is 3. The molecule has 0 fully saturated rings. The molecule has 5 nitrogen and oxygen atoms in total. The van der Waals surface area contributed by atoms with Crippen molar-refractivity contribution in [3.63, 3.8) is 0 Å². The fourth-order valence-electron chi connectivity index (χ4n) is 1.60. The Morgan fingerprint density at radius 2 is 1.92 bits per heavy atom. The zero-order chi connectivity index (χ0) is 17.7. The maximum absolute atomic E-state index is 13.6. The van der Waals surface area contributed by atoms with E-state index in [4.69, 9.17) is 23.2 Å². The Kier molecular flexibility index (Phi) is 6.30. The smallest absolute Gasteiger partial charge is 0.315 e. The van der Waals surface area contributed by atoms with Crippen molar-refractivity contribution in [1.82, 2.24) is 5.43 Å². The van der Waals surface area contributed by atoms with Gasteiger partial charge in [0.15, 0.2) is 0 Å². The lowest BCUT2D eigenvalue weighted by atomic mass is 10.2. The van der Waals surface area contributed by atoms with Crippen LogP contribution in [0.1, 0.15) is 5.56 Å². The number of carbonyl (C=O) groups is 2. The molecule has 0 radical (unpaired) electrons. The van der Waals surface area contributed by atoms with E-state index in [2.05, 4.69) is 26.3 Å². The van der Waals surface area contributed by atoms with E-state index < -0.39 is 17.6 Å². The van der Waals surface area contributed by atoms with Gasteiger partial charge in [-0.05, 0) is 24.3 Å². The average Bonchev–Trinajstić information content (AvgIpc) is 2.54. The van der Waals surface area contributed by atoms with Gasteiger partial charge in [-0.25, -0.2) is 9.82 Å². The van der Waals surface area contributed by atoms with Gasteiger partial charge in [-0.1, -0.05) is 51.3 Å². The summed E-state index contributed by atoms with van der Waals surface area (Å²) in [5.41, 5.74) is 2.35. The van der Waals surface area contributed by atoms with Gasteiger partial charge in [-0.3, -0.25) is 9.59 Å². The van der Waals surface area contributed by atoms with Crippen LogP contribution in [0.4, 0.5) is 10.1 Å². The summed E-state index contributed by atoms with van der Waals surface area (Å²) in [5.74, 6) is -2.81. The number of hydrazone groups is 1. The molecule has 124 valence electrons. The minimum Gasteiger partial charge on any atom is -0.315 e. The van der Waals surface area contributed by atoms with Crippen molar-refractivity contribution in [3.8, 4) is 0 Å². The Morgan fingerprint density at radius 3 is 2.62 bits per heavy atom. The zero-order valence-electron chi connectivity index (χ0n) is 11.8. The van der Waals surface area contributed by atoms with Gasteiger partial charge in [0.1, 0.15) is 5.82 Å². The van der Waals surface area contributed by atoms with E-state index in [0.717, 1.165) is 6.07 Å². The number of halogens is 4. The van der Waals surface area contributed by atoms with Gasteiger partial charge in [-0.2, -0.15) is 5.10 Å². The summed E-state index contributed by atoms with van der Waals surface area (Å²) in [6.07, 6.45) is 1.24. The van der Waals surface area contributed by atoms with Crippen LogP contribution in [0.2, 0.25) is 10.0 Å². The molecule has 0 heterocycles. The molecule has 2 amide bonds. The lowest BCUT2D eigenvalue weighted by Gasteiger charge is -2.05. The molecule has 24 heavy (non-hydrogen) atoms. The molecule has 0 unspecified atom stereocenters. The van der Waals surface area contributed by atoms with Crippen LogP contribution in [0.15, 0.2) is 46.0 Å². The van der Waals surface area contributed by atoms with Crippen LogP contribution in [0.5, 0.6) is 0 Å². The third-order valence-electron chi connectivity index (χ3n) is 2.74. The van der Waals surface area contributed by atoms with Gasteiger partial charge in [0, 0.05) is 10.0 Å². The van der Waals surface area contributed by atoms with E-state index >= 15 is 0 Å². The lowest BCUT2D eigenvalue weighted by molar-refractivity contribution is -0.136. The monoisotopic (exact) mass is 431 g/mol. The van der Waals surface area contributed by atoms with Crippen molar-refractivity contribution < 1.29 is 14.0 Å². The Bertz CT molecular complexity index is 830. The van der Waals surface area contributed by atoms with Crippen molar-refractivity contribution in [3.05, 3.63) is 62.3 Å². The number of nitrogens with one attached hydrogen (secondary N) is 2. The summed E-state index contributed by atoms with van der Waals surface area (Å²) in [4.78, 5) is 23.3. The highest BCUT2D eigenvalue weighted by atomic mass is 79.9. The van der Waals surface area contributed by atoms with E-state index in [9.17, 15) is 14.0 Å². The van der Waals surface area contributed by atoms with Gasteiger partial charge in [0.05, 0.1) is 21.9 Å². The molecule has 0 aromatic heterocycles. The number of carbonyl (C=O) groups excluding carboxylic acids is 2. The van der Waals surface area contributed by atoms with Crippen LogP contribution in [0.25, 0.3) is 0 Å². The van der Waals surface area contributed by atoms with Crippen molar-refractivity contribution in [2.75, 3.05) is 5.32 Å². The van der Waals surface area contributed by atoms with Crippen molar-refractivity contribution in [2.45, 2.75) is 0 Å². The number of nitrogens with zero attached hydrogens (tertiary/aromatic N) is 1. The Morgan fingerprint density at radius 1 is 1.17 bits per heavy atom. The van der Waals surface area contributed by atoms with Gasteiger partial charge in [0.2, 0.25) is 0 Å². The molecular weight excluding hydrogens is 424 g/mol. The highest BCUT2D eigenvalue weighted by molar-refractivity contribution is 9.10. The third-order valence-corrected chi connectivity index (χ3v) is 4.06. The number of benzene rings is 2. The van der Waals surface area contributed by atoms with E-state index in [1.54, 1.807) is 18.2 Å². The predicted molar refractivity (Wildman–Crippen MR) is 94.9 cm³/mol. The lowest BCUT2D eigenvalue weighted by Crippen LogP contribution is -2.32. The molecule has 0 aliphatic rings. The molecule has 0 spiro atoms. The fourth-order valence-corrected chi connectivity index (χ4v) is 2.29. The number of amides is 2. The highest BCUT2D eigenvalue weighted by Gasteiger charge is 2.15. The fraction of sp³-hybridized carbons (Fsp3) is 0. The molecule has 0 aliphatic carbocycles. The van der Waals surface area contributed by atoms with Crippen LogP contribution >= 0.6 is 39.1 Å². The van der Waals surface area contributed by atoms with Crippen molar-refractivity contribution in [2.24, 2.45) is 5.10 Å². The number of anilines is 1. The first-order valence-electron chi connectivity index (χ1n) is 6.42. The summed E-state index contributed by atoms with van der Waals surface area (Å²) >= 11 is 14.9. The van der Waals surface area contributed by atoms with Crippen LogP contribution in [-0.2, 0) is 9.59 Å². The minimum absolute atomic E-state index is 0.125. The first-order chi connectivity index (χ1) is 11.4. The Balaban J connectivity index is 1.98. The summed E-state index contributed by atoms with van der Waals surface area (Å²) < 4.78 is 14.1. The Labute approximate surface area is 155 Å². The standard InChI is InChI=1S/C15H9BrCl2FN3O2/c16-9-4-5-12(11(19)6-9)21-14(23)15(24)22-20-7-8-2-1-3-10(17)13(8)18/h1-7H,(H,21,23)(H,22,24)/b20-7+. The quantitative estimate of drug-likeness (QED) is 0.437. The predicted octanol–water partition coefficient (Wildman–Crippen LogP) is 3.98. The van der Waals surface area contributed by atoms with Crippen LogP contribution < -0.4 is 10.7 Å². The van der Waals surface area contributed by atoms with Crippen molar-refractivity contribution in [1.29, 1.82) is 0 Å². The Hall–Kier alpha value is -1.96. The summed E-state index contributed by atoms with van der Waals surface area (Å²) in [6, 6.07) is 8.88. The molecule has 2 aromatic carbocycles. The topological polar surface area (TPSA) is 70.6 Å². The largest absolute Gasteiger partial charge is 0.329 e. The van der Waals surface area contributed by atoms with E-state index in [1.807, 2.05) is 5.43 Å². The summed E-state index contributed by atoms with van der Waals surface area (Å²) in [5, 5.41) is 6.34. The second-order valence-electron chi connectivity index (χ2n) is 4.42. The average molecular weight is 433 g/mol. The molecule has 2 aromatic rings. The normalized spacial score (nSPS) is 10.7. The maximum Gasteiger partial charge on any atom is 0.329 e. The van der Waals surface area contributed by atoms with Crippen LogP contribution in [0.3, 0.4) is 0 Å². The zero-order valence-corrected chi connectivity index (χ0v) is 14.9. The minimum atomic E-state index is -1.06. The van der Waals surface area contributed by atoms with Crippen LogP contribution in [-0.4, -0.2) is 18.0 Å². The molecule has 9 heteroatoms. The first kappa shape index (κ1) is 18.4. The van der Waals surface area contributed by atoms with Gasteiger partial charge in [0.25, 0.3) is 0 Å². The summed E-state index contributed by atoms with van der Waals surface area (Å²) in [6.45, 7) is 0. The van der Waals surface area contributed by atoms with Gasteiger partial charge < -0.3 is 5.32 Å². The number of hydrogen-bond donors (Lipinski definition) is 2.